The third-order valence-electron chi connectivity index (χ3n) is 10.8. The zero-order valence-electron chi connectivity index (χ0n) is 41.3. The Bertz CT molecular complexity index is 1250. The summed E-state index contributed by atoms with van der Waals surface area (Å²) in [4.78, 5) is 35.5. The largest absolute Gasteiger partial charge is 0.472 e. The molecule has 0 heterocycles. The Balaban J connectivity index is 4.15. The first-order chi connectivity index (χ1) is 30.5. The molecular formula is C53H97NO8P+. The smallest absolute Gasteiger partial charge is 0.462 e. The van der Waals surface area contributed by atoms with E-state index in [1.807, 2.05) is 21.1 Å². The number of hydrogen-bond acceptors (Lipinski definition) is 7. The predicted octanol–water partition coefficient (Wildman–Crippen LogP) is 15.2. The molecule has 0 aliphatic carbocycles. The summed E-state index contributed by atoms with van der Waals surface area (Å²) in [6, 6.07) is 0. The predicted molar refractivity (Wildman–Crippen MR) is 266 cm³/mol. The van der Waals surface area contributed by atoms with E-state index in [1.54, 1.807) is 0 Å². The number of hydrogen-bond donors (Lipinski definition) is 1. The van der Waals surface area contributed by atoms with Crippen LogP contribution < -0.4 is 0 Å². The molecule has 0 amide bonds. The van der Waals surface area contributed by atoms with Crippen LogP contribution in [0, 0.1) is 0 Å². The highest BCUT2D eigenvalue weighted by Crippen LogP contribution is 2.43. The summed E-state index contributed by atoms with van der Waals surface area (Å²) in [7, 11) is 1.47. The van der Waals surface area contributed by atoms with Crippen molar-refractivity contribution < 1.29 is 42.1 Å². The van der Waals surface area contributed by atoms with Crippen molar-refractivity contribution in [2.24, 2.45) is 0 Å². The van der Waals surface area contributed by atoms with E-state index in [2.05, 4.69) is 74.6 Å². The van der Waals surface area contributed by atoms with Crippen LogP contribution in [0.2, 0.25) is 0 Å². The minimum Gasteiger partial charge on any atom is -0.462 e. The van der Waals surface area contributed by atoms with Crippen molar-refractivity contribution in [2.75, 3.05) is 47.5 Å². The standard InChI is InChI=1S/C53H96NO8P/c1-6-8-10-12-14-16-18-20-21-22-23-24-25-26-27-28-29-30-31-32-33-34-36-38-40-42-44-46-53(56)62-51(50-61-63(57,58)60-48-47-54(3,4)5)49-59-52(55)45-43-41-39-37-35-19-17-15-13-11-9-7-2/h8,10,14-17,20-21,23-24,51H,6-7,9,11-13,18-19,22,25-50H2,1-5H3/p+1/b10-8-,16-14-,17-15-,21-20-,24-23-. The molecule has 0 bridgehead atoms. The quantitative estimate of drug-likeness (QED) is 0.0212. The number of allylic oxidation sites excluding steroid dienone is 10. The first kappa shape index (κ1) is 60.7. The average Bonchev–Trinajstić information content (AvgIpc) is 3.24. The number of likely N-dealkylation sites (N-methyl/N-ethyl adjacent to an activating group) is 1. The third kappa shape index (κ3) is 49.0. The molecule has 366 valence electrons. The summed E-state index contributed by atoms with van der Waals surface area (Å²) in [5, 5.41) is 0. The third-order valence-corrected chi connectivity index (χ3v) is 11.8. The maximum Gasteiger partial charge on any atom is 0.472 e. The molecule has 2 unspecified atom stereocenters. The fourth-order valence-electron chi connectivity index (χ4n) is 6.82. The maximum atomic E-state index is 12.7. The van der Waals surface area contributed by atoms with E-state index in [4.69, 9.17) is 18.5 Å². The lowest BCUT2D eigenvalue weighted by atomic mass is 10.0. The van der Waals surface area contributed by atoms with Crippen LogP contribution in [-0.2, 0) is 32.7 Å². The monoisotopic (exact) mass is 907 g/mol. The van der Waals surface area contributed by atoms with Crippen molar-refractivity contribution in [3.63, 3.8) is 0 Å². The Kier molecular flexibility index (Phi) is 43.3. The summed E-state index contributed by atoms with van der Waals surface area (Å²) in [6.07, 6.45) is 55.7. The van der Waals surface area contributed by atoms with Gasteiger partial charge in [0.05, 0.1) is 27.7 Å². The molecule has 0 saturated carbocycles. The summed E-state index contributed by atoms with van der Waals surface area (Å²) in [6.45, 7) is 4.28. The van der Waals surface area contributed by atoms with Gasteiger partial charge in [0, 0.05) is 12.8 Å². The summed E-state index contributed by atoms with van der Waals surface area (Å²) >= 11 is 0. The van der Waals surface area contributed by atoms with Crippen molar-refractivity contribution in [3.8, 4) is 0 Å². The van der Waals surface area contributed by atoms with Crippen LogP contribution >= 0.6 is 7.82 Å². The number of carbonyl (C=O) groups is 2. The van der Waals surface area contributed by atoms with E-state index in [-0.39, 0.29) is 32.0 Å². The van der Waals surface area contributed by atoms with Gasteiger partial charge in [-0.3, -0.25) is 18.6 Å². The van der Waals surface area contributed by atoms with Gasteiger partial charge in [-0.25, -0.2) is 4.57 Å². The molecule has 9 nitrogen and oxygen atoms in total. The number of quaternary nitrogens is 1. The zero-order valence-corrected chi connectivity index (χ0v) is 42.2. The fourth-order valence-corrected chi connectivity index (χ4v) is 7.57. The Labute approximate surface area is 387 Å². The second kappa shape index (κ2) is 44.9. The van der Waals surface area contributed by atoms with Crippen molar-refractivity contribution in [2.45, 2.75) is 219 Å². The molecule has 0 fully saturated rings. The first-order valence-electron chi connectivity index (χ1n) is 25.5. The van der Waals surface area contributed by atoms with E-state index in [0.717, 1.165) is 83.5 Å². The van der Waals surface area contributed by atoms with Crippen molar-refractivity contribution in [1.29, 1.82) is 0 Å². The molecule has 0 saturated heterocycles. The number of ether oxygens (including phenoxy) is 2. The van der Waals surface area contributed by atoms with Gasteiger partial charge in [-0.2, -0.15) is 0 Å². The molecule has 2 atom stereocenters. The molecule has 0 spiro atoms. The number of unbranched alkanes of at least 4 members (excludes halogenated alkanes) is 22. The van der Waals surface area contributed by atoms with Gasteiger partial charge < -0.3 is 18.9 Å². The van der Waals surface area contributed by atoms with Crippen molar-refractivity contribution in [1.82, 2.24) is 0 Å². The van der Waals surface area contributed by atoms with Crippen molar-refractivity contribution >= 4 is 19.8 Å². The maximum absolute atomic E-state index is 12.7. The van der Waals surface area contributed by atoms with Crippen LogP contribution in [0.5, 0.6) is 0 Å². The molecular weight excluding hydrogens is 810 g/mol. The molecule has 63 heavy (non-hydrogen) atoms. The Morgan fingerprint density at radius 3 is 1.37 bits per heavy atom. The lowest BCUT2D eigenvalue weighted by Gasteiger charge is -2.24. The molecule has 1 N–H and O–H groups in total. The van der Waals surface area contributed by atoms with Gasteiger partial charge in [-0.15, -0.1) is 0 Å². The molecule has 0 rings (SSSR count). The molecule has 10 heteroatoms. The highest BCUT2D eigenvalue weighted by molar-refractivity contribution is 7.47. The van der Waals surface area contributed by atoms with Gasteiger partial charge in [-0.05, 0) is 77.0 Å². The summed E-state index contributed by atoms with van der Waals surface area (Å²) in [5.74, 6) is -0.808. The number of esters is 2. The highest BCUT2D eigenvalue weighted by Gasteiger charge is 2.27. The minimum atomic E-state index is -4.38. The second-order valence-electron chi connectivity index (χ2n) is 18.2. The SMILES string of the molecule is CC/C=C\C/C=C\C/C=C\C/C=C\CCCCCCCCCCCCCCCCC(=O)OC(COC(=O)CCCCCCC/C=C\CCCCC)COP(=O)(O)OCC[N+](C)(C)C. The van der Waals surface area contributed by atoms with Crippen molar-refractivity contribution in [3.05, 3.63) is 60.8 Å². The molecule has 0 aromatic carbocycles. The highest BCUT2D eigenvalue weighted by atomic mass is 31.2. The molecule has 0 aliphatic heterocycles. The Morgan fingerprint density at radius 1 is 0.508 bits per heavy atom. The zero-order chi connectivity index (χ0) is 46.4. The van der Waals surface area contributed by atoms with Gasteiger partial charge in [-0.1, -0.05) is 184 Å². The molecule has 0 aliphatic rings. The number of carbonyl (C=O) groups excluding carboxylic acids is 2. The van der Waals surface area contributed by atoms with Crippen LogP contribution in [0.25, 0.3) is 0 Å². The van der Waals surface area contributed by atoms with Gasteiger partial charge in [0.25, 0.3) is 0 Å². The average molecular weight is 907 g/mol. The molecule has 0 aromatic heterocycles. The Morgan fingerprint density at radius 2 is 0.905 bits per heavy atom. The summed E-state index contributed by atoms with van der Waals surface area (Å²) in [5.41, 5.74) is 0. The van der Waals surface area contributed by atoms with Gasteiger partial charge in [0.1, 0.15) is 19.8 Å². The molecule has 0 aromatic rings. The summed E-state index contributed by atoms with van der Waals surface area (Å²) < 4.78 is 34.4. The van der Waals surface area contributed by atoms with Gasteiger partial charge >= 0.3 is 19.8 Å². The topological polar surface area (TPSA) is 108 Å². The van der Waals surface area contributed by atoms with E-state index in [9.17, 15) is 19.0 Å². The van der Waals surface area contributed by atoms with Gasteiger partial charge in [0.2, 0.25) is 0 Å². The van der Waals surface area contributed by atoms with E-state index in [1.165, 1.54) is 96.3 Å². The normalized spacial score (nSPS) is 13.9. The number of rotatable bonds is 46. The second-order valence-corrected chi connectivity index (χ2v) is 19.6. The minimum absolute atomic E-state index is 0.0292. The number of nitrogens with zero attached hydrogens (tertiary/aromatic N) is 1. The van der Waals surface area contributed by atoms with E-state index >= 15 is 0 Å². The lowest BCUT2D eigenvalue weighted by Crippen LogP contribution is -2.37. The van der Waals surface area contributed by atoms with Crippen LogP contribution in [-0.4, -0.2) is 74.9 Å². The van der Waals surface area contributed by atoms with Crippen LogP contribution in [0.4, 0.5) is 0 Å². The number of phosphoric ester groups is 1. The molecule has 0 radical (unpaired) electrons. The Hall–Kier alpha value is -2.29. The lowest BCUT2D eigenvalue weighted by molar-refractivity contribution is -0.870. The fraction of sp³-hybridized carbons (Fsp3) is 0.774. The first-order valence-corrected chi connectivity index (χ1v) is 27.0. The van der Waals surface area contributed by atoms with E-state index in [0.29, 0.717) is 17.4 Å². The van der Waals surface area contributed by atoms with Crippen LogP contribution in [0.1, 0.15) is 213 Å². The van der Waals surface area contributed by atoms with Gasteiger partial charge in [0.15, 0.2) is 6.10 Å². The van der Waals surface area contributed by atoms with E-state index < -0.39 is 26.5 Å². The van der Waals surface area contributed by atoms with Crippen LogP contribution in [0.15, 0.2) is 60.8 Å². The van der Waals surface area contributed by atoms with Crippen LogP contribution in [0.3, 0.4) is 0 Å². The number of phosphoric acid groups is 1.